The summed E-state index contributed by atoms with van der Waals surface area (Å²) in [6.07, 6.45) is 0. The minimum Gasteiger partial charge on any atom is -0.483 e. The number of likely N-dealkylation sites (N-methyl/N-ethyl adjacent to an activating group) is 1. The summed E-state index contributed by atoms with van der Waals surface area (Å²) >= 11 is 3.44. The average Bonchev–Trinajstić information content (AvgIpc) is 2.65. The second-order valence-corrected chi connectivity index (χ2v) is 7.42. The van der Waals surface area contributed by atoms with Crippen LogP contribution in [0, 0.1) is 13.8 Å². The molecule has 1 atom stereocenters. The molecule has 2 aromatic carbocycles. The fourth-order valence-electron chi connectivity index (χ4n) is 2.71. The van der Waals surface area contributed by atoms with Crippen molar-refractivity contribution in [3.8, 4) is 5.75 Å². The predicted octanol–water partition coefficient (Wildman–Crippen LogP) is 3.61. The highest BCUT2D eigenvalue weighted by atomic mass is 79.9. The molecule has 0 saturated carbocycles. The third-order valence-corrected chi connectivity index (χ3v) is 4.84. The Labute approximate surface area is 168 Å². The van der Waals surface area contributed by atoms with Crippen LogP contribution in [-0.4, -0.2) is 36.4 Å². The van der Waals surface area contributed by atoms with E-state index in [1.807, 2.05) is 56.3 Å². The van der Waals surface area contributed by atoms with E-state index in [0.717, 1.165) is 21.2 Å². The van der Waals surface area contributed by atoms with Crippen LogP contribution in [0.4, 0.5) is 0 Å². The summed E-state index contributed by atoms with van der Waals surface area (Å²) in [5.74, 6) is 0.218. The molecule has 0 radical (unpaired) electrons. The van der Waals surface area contributed by atoms with Crippen LogP contribution in [0.1, 0.15) is 23.6 Å². The van der Waals surface area contributed by atoms with Gasteiger partial charge in [-0.2, -0.15) is 0 Å². The lowest BCUT2D eigenvalue weighted by Crippen LogP contribution is -2.48. The van der Waals surface area contributed by atoms with E-state index in [4.69, 9.17) is 4.74 Å². The standard InChI is InChI=1S/C21H25BrN2O3/c1-14-8-9-15(2)19(10-14)27-13-20(25)24(16(3)21(26)23-4)12-17-6-5-7-18(22)11-17/h5-11,16H,12-13H2,1-4H3,(H,23,26). The number of nitrogens with zero attached hydrogens (tertiary/aromatic N) is 1. The zero-order valence-electron chi connectivity index (χ0n) is 16.1. The van der Waals surface area contributed by atoms with Gasteiger partial charge in [0.05, 0.1) is 0 Å². The zero-order chi connectivity index (χ0) is 20.0. The van der Waals surface area contributed by atoms with Crippen LogP contribution >= 0.6 is 15.9 Å². The maximum atomic E-state index is 12.9. The molecule has 0 spiro atoms. The van der Waals surface area contributed by atoms with E-state index < -0.39 is 6.04 Å². The quantitative estimate of drug-likeness (QED) is 0.726. The van der Waals surface area contributed by atoms with E-state index in [2.05, 4.69) is 21.2 Å². The monoisotopic (exact) mass is 432 g/mol. The summed E-state index contributed by atoms with van der Waals surface area (Å²) in [6, 6.07) is 12.9. The summed E-state index contributed by atoms with van der Waals surface area (Å²) < 4.78 is 6.68. The molecule has 2 amide bonds. The number of ether oxygens (including phenoxy) is 1. The number of hydrogen-bond donors (Lipinski definition) is 1. The van der Waals surface area contributed by atoms with E-state index in [0.29, 0.717) is 12.3 Å². The van der Waals surface area contributed by atoms with Crippen LogP contribution in [0.3, 0.4) is 0 Å². The van der Waals surface area contributed by atoms with Gasteiger partial charge in [-0.15, -0.1) is 0 Å². The van der Waals surface area contributed by atoms with Crippen molar-refractivity contribution in [1.29, 1.82) is 0 Å². The van der Waals surface area contributed by atoms with Gasteiger partial charge in [0.2, 0.25) is 5.91 Å². The zero-order valence-corrected chi connectivity index (χ0v) is 17.7. The third-order valence-electron chi connectivity index (χ3n) is 4.35. The van der Waals surface area contributed by atoms with E-state index >= 15 is 0 Å². The fourth-order valence-corrected chi connectivity index (χ4v) is 3.16. The van der Waals surface area contributed by atoms with Gasteiger partial charge in [0, 0.05) is 18.1 Å². The Bertz CT molecular complexity index is 823. The van der Waals surface area contributed by atoms with Crippen molar-refractivity contribution in [2.75, 3.05) is 13.7 Å². The average molecular weight is 433 g/mol. The fraction of sp³-hybridized carbons (Fsp3) is 0.333. The Morgan fingerprint density at radius 1 is 1.19 bits per heavy atom. The lowest BCUT2D eigenvalue weighted by atomic mass is 10.1. The molecule has 0 aliphatic heterocycles. The number of amides is 2. The summed E-state index contributed by atoms with van der Waals surface area (Å²) in [6.45, 7) is 5.82. The highest BCUT2D eigenvalue weighted by molar-refractivity contribution is 9.10. The van der Waals surface area contributed by atoms with Crippen molar-refractivity contribution in [3.05, 3.63) is 63.6 Å². The molecule has 0 heterocycles. The van der Waals surface area contributed by atoms with Crippen LogP contribution in [0.2, 0.25) is 0 Å². The van der Waals surface area contributed by atoms with E-state index in [1.165, 1.54) is 4.90 Å². The Morgan fingerprint density at radius 2 is 1.93 bits per heavy atom. The Morgan fingerprint density at radius 3 is 2.59 bits per heavy atom. The van der Waals surface area contributed by atoms with Crippen molar-refractivity contribution < 1.29 is 14.3 Å². The molecule has 5 nitrogen and oxygen atoms in total. The van der Waals surface area contributed by atoms with Gasteiger partial charge in [-0.05, 0) is 55.7 Å². The number of carbonyl (C=O) groups excluding carboxylic acids is 2. The van der Waals surface area contributed by atoms with Gasteiger partial charge >= 0.3 is 0 Å². The second kappa shape index (κ2) is 9.55. The largest absolute Gasteiger partial charge is 0.483 e. The molecular weight excluding hydrogens is 408 g/mol. The van der Waals surface area contributed by atoms with Crippen molar-refractivity contribution in [2.45, 2.75) is 33.4 Å². The first kappa shape index (κ1) is 21.0. The molecule has 2 aromatic rings. The molecule has 2 rings (SSSR count). The molecule has 0 fully saturated rings. The number of hydrogen-bond acceptors (Lipinski definition) is 3. The minimum atomic E-state index is -0.608. The number of rotatable bonds is 7. The summed E-state index contributed by atoms with van der Waals surface area (Å²) in [5.41, 5.74) is 2.96. The maximum absolute atomic E-state index is 12.9. The highest BCUT2D eigenvalue weighted by Gasteiger charge is 2.26. The smallest absolute Gasteiger partial charge is 0.261 e. The van der Waals surface area contributed by atoms with Gasteiger partial charge in [0.15, 0.2) is 6.61 Å². The molecule has 0 saturated heterocycles. The van der Waals surface area contributed by atoms with E-state index in [9.17, 15) is 9.59 Å². The number of halogens is 1. The van der Waals surface area contributed by atoms with E-state index in [-0.39, 0.29) is 18.4 Å². The molecule has 0 bridgehead atoms. The number of nitrogens with one attached hydrogen (secondary N) is 1. The van der Waals surface area contributed by atoms with Gasteiger partial charge in [-0.3, -0.25) is 9.59 Å². The topological polar surface area (TPSA) is 58.6 Å². The van der Waals surface area contributed by atoms with Crippen LogP contribution in [0.5, 0.6) is 5.75 Å². The molecule has 0 aromatic heterocycles. The summed E-state index contributed by atoms with van der Waals surface area (Å²) in [5, 5.41) is 2.60. The lowest BCUT2D eigenvalue weighted by Gasteiger charge is -2.28. The number of aryl methyl sites for hydroxylation is 2. The van der Waals surface area contributed by atoms with E-state index in [1.54, 1.807) is 14.0 Å². The normalized spacial score (nSPS) is 11.6. The number of benzene rings is 2. The molecule has 0 aliphatic rings. The Balaban J connectivity index is 2.17. The van der Waals surface area contributed by atoms with Gasteiger partial charge in [-0.1, -0.05) is 40.2 Å². The molecule has 144 valence electrons. The molecule has 0 aliphatic carbocycles. The van der Waals surface area contributed by atoms with Crippen LogP contribution in [0.15, 0.2) is 46.9 Å². The first-order chi connectivity index (χ1) is 12.8. The predicted molar refractivity (Wildman–Crippen MR) is 110 cm³/mol. The minimum absolute atomic E-state index is 0.125. The first-order valence-electron chi connectivity index (χ1n) is 8.77. The first-order valence-corrected chi connectivity index (χ1v) is 9.56. The molecule has 1 N–H and O–H groups in total. The van der Waals surface area contributed by atoms with Gasteiger partial charge in [0.1, 0.15) is 11.8 Å². The van der Waals surface area contributed by atoms with Gasteiger partial charge < -0.3 is 15.0 Å². The maximum Gasteiger partial charge on any atom is 0.261 e. The van der Waals surface area contributed by atoms with Crippen molar-refractivity contribution in [3.63, 3.8) is 0 Å². The SMILES string of the molecule is CNC(=O)C(C)N(Cc1cccc(Br)c1)C(=O)COc1cc(C)ccc1C. The van der Waals surface area contributed by atoms with Crippen molar-refractivity contribution >= 4 is 27.7 Å². The highest BCUT2D eigenvalue weighted by Crippen LogP contribution is 2.20. The third kappa shape index (κ3) is 5.82. The van der Waals surface area contributed by atoms with Gasteiger partial charge in [-0.25, -0.2) is 0 Å². The molecule has 6 heteroatoms. The van der Waals surface area contributed by atoms with Crippen LogP contribution in [-0.2, 0) is 16.1 Å². The Kier molecular flexibility index (Phi) is 7.42. The summed E-state index contributed by atoms with van der Waals surface area (Å²) in [7, 11) is 1.56. The van der Waals surface area contributed by atoms with Crippen LogP contribution < -0.4 is 10.1 Å². The molecular formula is C21H25BrN2O3. The lowest BCUT2D eigenvalue weighted by molar-refractivity contribution is -0.142. The van der Waals surface area contributed by atoms with Gasteiger partial charge in [0.25, 0.3) is 5.91 Å². The number of carbonyl (C=O) groups is 2. The van der Waals surface area contributed by atoms with Crippen LogP contribution in [0.25, 0.3) is 0 Å². The summed E-state index contributed by atoms with van der Waals surface area (Å²) in [4.78, 5) is 26.5. The van der Waals surface area contributed by atoms with Crippen molar-refractivity contribution in [1.82, 2.24) is 10.2 Å². The second-order valence-electron chi connectivity index (χ2n) is 6.50. The molecule has 1 unspecified atom stereocenters. The van der Waals surface area contributed by atoms with Crippen molar-refractivity contribution in [2.24, 2.45) is 0 Å². The molecule has 27 heavy (non-hydrogen) atoms. The Hall–Kier alpha value is -2.34.